The van der Waals surface area contributed by atoms with E-state index in [0.717, 1.165) is 0 Å². The van der Waals surface area contributed by atoms with Crippen LogP contribution in [0.15, 0.2) is 42.5 Å². The first-order valence-corrected chi connectivity index (χ1v) is 9.04. The van der Waals surface area contributed by atoms with Crippen LogP contribution in [0.2, 0.25) is 0 Å². The molecule has 2 rings (SSSR count). The van der Waals surface area contributed by atoms with Crippen LogP contribution in [0.25, 0.3) is 0 Å². The smallest absolute Gasteiger partial charge is 0.340 e. The highest BCUT2D eigenvalue weighted by molar-refractivity contribution is 6.02. The van der Waals surface area contributed by atoms with Gasteiger partial charge in [0, 0.05) is 0 Å². The van der Waals surface area contributed by atoms with Crippen molar-refractivity contribution < 1.29 is 33.3 Å². The summed E-state index contributed by atoms with van der Waals surface area (Å²) in [7, 11) is 1.46. The average Bonchev–Trinajstić information content (AvgIpc) is 2.73. The van der Waals surface area contributed by atoms with E-state index in [4.69, 9.17) is 18.9 Å². The van der Waals surface area contributed by atoms with Gasteiger partial charge in [0.25, 0.3) is 5.91 Å². The number of esters is 2. The summed E-state index contributed by atoms with van der Waals surface area (Å²) < 4.78 is 20.6. The number of amides is 1. The Morgan fingerprint density at radius 2 is 1.66 bits per heavy atom. The molecule has 0 aliphatic rings. The van der Waals surface area contributed by atoms with Gasteiger partial charge in [0.15, 0.2) is 18.1 Å². The summed E-state index contributed by atoms with van der Waals surface area (Å²) in [6.07, 6.45) is 0. The van der Waals surface area contributed by atoms with Gasteiger partial charge in [-0.25, -0.2) is 9.59 Å². The van der Waals surface area contributed by atoms with Crippen LogP contribution in [0.1, 0.15) is 34.6 Å². The molecule has 0 aliphatic heterocycles. The van der Waals surface area contributed by atoms with E-state index in [0.29, 0.717) is 18.1 Å². The Morgan fingerprint density at radius 1 is 0.897 bits per heavy atom. The van der Waals surface area contributed by atoms with Crippen LogP contribution >= 0.6 is 0 Å². The first-order valence-electron chi connectivity index (χ1n) is 9.04. The molecule has 29 heavy (non-hydrogen) atoms. The van der Waals surface area contributed by atoms with Gasteiger partial charge in [-0.1, -0.05) is 12.1 Å². The Kier molecular flexibility index (Phi) is 8.02. The molecular formula is C21H23NO7. The van der Waals surface area contributed by atoms with Crippen molar-refractivity contribution in [2.45, 2.75) is 13.8 Å². The Hall–Kier alpha value is -3.55. The number of benzene rings is 2. The largest absolute Gasteiger partial charge is 0.493 e. The molecule has 0 aromatic heterocycles. The van der Waals surface area contributed by atoms with Crippen molar-refractivity contribution in [2.24, 2.45) is 0 Å². The molecule has 0 atom stereocenters. The Balaban J connectivity index is 1.99. The first-order chi connectivity index (χ1) is 14.0. The Labute approximate surface area is 168 Å². The molecule has 0 saturated carbocycles. The van der Waals surface area contributed by atoms with Crippen LogP contribution < -0.4 is 14.8 Å². The number of nitrogens with one attached hydrogen (secondary N) is 1. The number of rotatable bonds is 9. The maximum atomic E-state index is 12.2. The number of hydrogen-bond acceptors (Lipinski definition) is 7. The van der Waals surface area contributed by atoms with Crippen molar-refractivity contribution in [1.29, 1.82) is 0 Å². The fourth-order valence-electron chi connectivity index (χ4n) is 2.45. The fourth-order valence-corrected chi connectivity index (χ4v) is 2.45. The van der Waals surface area contributed by atoms with Crippen LogP contribution in [0.3, 0.4) is 0 Å². The van der Waals surface area contributed by atoms with E-state index < -0.39 is 24.5 Å². The van der Waals surface area contributed by atoms with Crippen LogP contribution in [0.5, 0.6) is 11.5 Å². The van der Waals surface area contributed by atoms with Gasteiger partial charge in [0.1, 0.15) is 0 Å². The lowest BCUT2D eigenvalue weighted by atomic mass is 10.2. The van der Waals surface area contributed by atoms with Crippen molar-refractivity contribution in [1.82, 2.24) is 0 Å². The molecule has 2 aromatic rings. The molecule has 0 heterocycles. The molecule has 0 spiro atoms. The van der Waals surface area contributed by atoms with Gasteiger partial charge in [-0.3, -0.25) is 4.79 Å². The molecule has 8 heteroatoms. The summed E-state index contributed by atoms with van der Waals surface area (Å²) in [4.78, 5) is 36.3. The molecule has 2 aromatic carbocycles. The number of para-hydroxylation sites is 1. The second kappa shape index (κ2) is 10.7. The van der Waals surface area contributed by atoms with Crippen LogP contribution in [0.4, 0.5) is 5.69 Å². The normalized spacial score (nSPS) is 10.0. The number of ether oxygens (including phenoxy) is 4. The SMILES string of the molecule is CCOC(=O)c1ccccc1NC(=O)COC(=O)c1ccc(OCC)c(OC)c1. The lowest BCUT2D eigenvalue weighted by Gasteiger charge is -2.12. The molecule has 1 amide bonds. The molecule has 1 N–H and O–H groups in total. The zero-order chi connectivity index (χ0) is 21.2. The molecule has 154 valence electrons. The van der Waals surface area contributed by atoms with Gasteiger partial charge < -0.3 is 24.3 Å². The van der Waals surface area contributed by atoms with Crippen molar-refractivity contribution >= 4 is 23.5 Å². The third kappa shape index (κ3) is 5.97. The van der Waals surface area contributed by atoms with E-state index in [1.807, 2.05) is 6.92 Å². The van der Waals surface area contributed by atoms with Gasteiger partial charge in [0.05, 0.1) is 37.1 Å². The number of methoxy groups -OCH3 is 1. The standard InChI is InChI=1S/C21H23NO7/c1-4-27-17-11-10-14(12-18(17)26-3)20(24)29-13-19(23)22-16-9-7-6-8-15(16)21(25)28-5-2/h6-12H,4-5,13H2,1-3H3,(H,22,23). The number of anilines is 1. The summed E-state index contributed by atoms with van der Waals surface area (Å²) in [6.45, 7) is 3.66. The van der Waals surface area contributed by atoms with E-state index in [1.165, 1.54) is 25.3 Å². The van der Waals surface area contributed by atoms with Crippen LogP contribution in [0, 0.1) is 0 Å². The van der Waals surface area contributed by atoms with E-state index in [1.54, 1.807) is 31.2 Å². The molecular weight excluding hydrogens is 378 g/mol. The summed E-state index contributed by atoms with van der Waals surface area (Å²) in [5.74, 6) is -0.955. The summed E-state index contributed by atoms with van der Waals surface area (Å²) in [6, 6.07) is 11.0. The van der Waals surface area contributed by atoms with Crippen LogP contribution in [-0.4, -0.2) is 44.8 Å². The first kappa shape index (κ1) is 21.7. The maximum Gasteiger partial charge on any atom is 0.340 e. The lowest BCUT2D eigenvalue weighted by molar-refractivity contribution is -0.119. The molecule has 0 radical (unpaired) electrons. The molecule has 0 unspecified atom stereocenters. The average molecular weight is 401 g/mol. The minimum Gasteiger partial charge on any atom is -0.493 e. The third-order valence-electron chi connectivity index (χ3n) is 3.73. The highest BCUT2D eigenvalue weighted by Gasteiger charge is 2.16. The highest BCUT2D eigenvalue weighted by atomic mass is 16.5. The molecule has 0 fully saturated rings. The predicted molar refractivity (Wildman–Crippen MR) is 105 cm³/mol. The zero-order valence-electron chi connectivity index (χ0n) is 16.5. The summed E-state index contributed by atoms with van der Waals surface area (Å²) in [5.41, 5.74) is 0.699. The van der Waals surface area contributed by atoms with Crippen molar-refractivity contribution in [2.75, 3.05) is 32.2 Å². The number of hydrogen-bond donors (Lipinski definition) is 1. The second-order valence-corrected chi connectivity index (χ2v) is 5.69. The van der Waals surface area contributed by atoms with E-state index in [-0.39, 0.29) is 23.4 Å². The van der Waals surface area contributed by atoms with Crippen molar-refractivity contribution in [3.05, 3.63) is 53.6 Å². The van der Waals surface area contributed by atoms with Crippen molar-refractivity contribution in [3.63, 3.8) is 0 Å². The van der Waals surface area contributed by atoms with Crippen molar-refractivity contribution in [3.8, 4) is 11.5 Å². The van der Waals surface area contributed by atoms with Gasteiger partial charge in [-0.15, -0.1) is 0 Å². The molecule has 8 nitrogen and oxygen atoms in total. The van der Waals surface area contributed by atoms with E-state index in [2.05, 4.69) is 5.32 Å². The van der Waals surface area contributed by atoms with E-state index in [9.17, 15) is 14.4 Å². The lowest BCUT2D eigenvalue weighted by Crippen LogP contribution is -2.22. The topological polar surface area (TPSA) is 100 Å². The Bertz CT molecular complexity index is 879. The number of carbonyl (C=O) groups excluding carboxylic acids is 3. The quantitative estimate of drug-likeness (QED) is 0.645. The third-order valence-corrected chi connectivity index (χ3v) is 3.73. The minimum atomic E-state index is -0.694. The van der Waals surface area contributed by atoms with Gasteiger partial charge >= 0.3 is 11.9 Å². The van der Waals surface area contributed by atoms with Gasteiger partial charge in [-0.05, 0) is 44.2 Å². The van der Waals surface area contributed by atoms with Gasteiger partial charge in [-0.2, -0.15) is 0 Å². The maximum absolute atomic E-state index is 12.2. The fraction of sp³-hybridized carbons (Fsp3) is 0.286. The minimum absolute atomic E-state index is 0.213. The number of carbonyl (C=O) groups is 3. The summed E-state index contributed by atoms with van der Waals surface area (Å²) >= 11 is 0. The molecule has 0 bridgehead atoms. The van der Waals surface area contributed by atoms with E-state index >= 15 is 0 Å². The monoisotopic (exact) mass is 401 g/mol. The van der Waals surface area contributed by atoms with Gasteiger partial charge in [0.2, 0.25) is 0 Å². The Morgan fingerprint density at radius 3 is 2.34 bits per heavy atom. The predicted octanol–water partition coefficient (Wildman–Crippen LogP) is 3.07. The summed E-state index contributed by atoms with van der Waals surface area (Å²) in [5, 5.41) is 2.54. The molecule has 0 aliphatic carbocycles. The second-order valence-electron chi connectivity index (χ2n) is 5.69. The zero-order valence-corrected chi connectivity index (χ0v) is 16.5. The molecule has 0 saturated heterocycles. The van der Waals surface area contributed by atoms with Crippen LogP contribution in [-0.2, 0) is 14.3 Å². The highest BCUT2D eigenvalue weighted by Crippen LogP contribution is 2.28.